The average Bonchev–Trinajstić information content (AvgIpc) is 3.53. The van der Waals surface area contributed by atoms with Gasteiger partial charge in [-0.1, -0.05) is 24.6 Å². The van der Waals surface area contributed by atoms with E-state index in [1.165, 1.54) is 12.4 Å². The summed E-state index contributed by atoms with van der Waals surface area (Å²) in [4.78, 5) is 33.2. The number of amides is 1. The van der Waals surface area contributed by atoms with Gasteiger partial charge in [0.15, 0.2) is 11.6 Å². The van der Waals surface area contributed by atoms with Gasteiger partial charge in [-0.2, -0.15) is 5.10 Å². The molecule has 1 saturated carbocycles. The average molecular weight is 505 g/mol. The minimum atomic E-state index is -0.552. The van der Waals surface area contributed by atoms with E-state index in [0.29, 0.717) is 28.3 Å². The molecule has 1 aromatic carbocycles. The van der Waals surface area contributed by atoms with Gasteiger partial charge in [-0.3, -0.25) is 24.8 Å². The number of fused-ring (bicyclic) bond motifs is 2. The molecule has 0 saturated heterocycles. The largest absolute Gasteiger partial charge is 0.337 e. The third kappa shape index (κ3) is 3.69. The summed E-state index contributed by atoms with van der Waals surface area (Å²) in [5.41, 5.74) is 5.23. The Morgan fingerprint density at radius 3 is 2.68 bits per heavy atom. The summed E-state index contributed by atoms with van der Waals surface area (Å²) in [7, 11) is 0. The Kier molecular flexibility index (Phi) is 5.17. The summed E-state index contributed by atoms with van der Waals surface area (Å²) in [6, 6.07) is 11.3. The Balaban J connectivity index is 1.30. The molecule has 1 aliphatic carbocycles. The Morgan fingerprint density at radius 2 is 1.87 bits per heavy atom. The zero-order valence-corrected chi connectivity index (χ0v) is 20.1. The lowest BCUT2D eigenvalue weighted by Gasteiger charge is -2.24. The minimum Gasteiger partial charge on any atom is -0.337 e. The van der Waals surface area contributed by atoms with Gasteiger partial charge in [0.25, 0.3) is 0 Å². The first-order valence-corrected chi connectivity index (χ1v) is 12.3. The van der Waals surface area contributed by atoms with Crippen molar-refractivity contribution in [3.8, 4) is 33.9 Å². The molecule has 186 valence electrons. The van der Waals surface area contributed by atoms with Crippen molar-refractivity contribution < 1.29 is 9.18 Å². The van der Waals surface area contributed by atoms with Crippen LogP contribution in [-0.4, -0.2) is 41.0 Å². The van der Waals surface area contributed by atoms with Crippen LogP contribution in [-0.2, 0) is 4.79 Å². The highest BCUT2D eigenvalue weighted by Crippen LogP contribution is 2.35. The summed E-state index contributed by atoms with van der Waals surface area (Å²) in [5.74, 6) is -0.130. The molecule has 0 bridgehead atoms. The van der Waals surface area contributed by atoms with Crippen LogP contribution in [0.5, 0.6) is 0 Å². The fourth-order valence-electron chi connectivity index (χ4n) is 4.80. The molecule has 0 atom stereocenters. The number of halogens is 1. The molecule has 10 heteroatoms. The van der Waals surface area contributed by atoms with Gasteiger partial charge in [0.1, 0.15) is 11.4 Å². The number of aromatic amines is 2. The van der Waals surface area contributed by atoms with Gasteiger partial charge in [-0.25, -0.2) is 9.37 Å². The molecule has 3 N–H and O–H groups in total. The predicted molar refractivity (Wildman–Crippen MR) is 141 cm³/mol. The number of H-pyrrole nitrogens is 2. The summed E-state index contributed by atoms with van der Waals surface area (Å²) in [6.07, 6.45) is 11.0. The second-order valence-corrected chi connectivity index (χ2v) is 9.39. The van der Waals surface area contributed by atoms with Gasteiger partial charge >= 0.3 is 0 Å². The van der Waals surface area contributed by atoms with Crippen molar-refractivity contribution in [3.63, 3.8) is 0 Å². The maximum absolute atomic E-state index is 16.0. The number of carbonyl (C=O) groups excluding carboxylic acids is 1. The van der Waals surface area contributed by atoms with E-state index in [0.717, 1.165) is 41.4 Å². The molecule has 38 heavy (non-hydrogen) atoms. The SMILES string of the molecule is O=C(Nc1cncc(-c2ncc3[nH]nc(-c4nc5c(-c6cccnc6)cccc5[nH]4)c3c2F)c1)C1CCC1. The quantitative estimate of drug-likeness (QED) is 0.285. The van der Waals surface area contributed by atoms with E-state index in [4.69, 9.17) is 4.98 Å². The van der Waals surface area contributed by atoms with E-state index in [-0.39, 0.29) is 22.9 Å². The Hall–Kier alpha value is -4.99. The second kappa shape index (κ2) is 8.84. The van der Waals surface area contributed by atoms with E-state index in [9.17, 15) is 4.79 Å². The predicted octanol–water partition coefficient (Wildman–Crippen LogP) is 5.50. The first-order chi connectivity index (χ1) is 18.7. The highest BCUT2D eigenvalue weighted by molar-refractivity contribution is 5.98. The van der Waals surface area contributed by atoms with E-state index in [2.05, 4.69) is 35.5 Å². The molecule has 0 unspecified atom stereocenters. The molecule has 7 rings (SSSR count). The number of para-hydroxylation sites is 1. The standard InChI is InChI=1S/C28H21FN8O/c29-23-22-21(14-32-24(23)17-10-18(13-31-12-17)33-28(38)15-4-1-5-15)36-37-26(22)27-34-20-8-2-7-19(25(20)35-27)16-6-3-9-30-11-16/h2-3,6-15H,1,4-5H2,(H,33,38)(H,34,35)(H,36,37). The normalized spacial score (nSPS) is 13.6. The van der Waals surface area contributed by atoms with Crippen molar-refractivity contribution in [2.24, 2.45) is 5.92 Å². The summed E-state index contributed by atoms with van der Waals surface area (Å²) in [5, 5.41) is 10.4. The third-order valence-corrected chi connectivity index (χ3v) is 7.01. The Morgan fingerprint density at radius 1 is 0.974 bits per heavy atom. The van der Waals surface area contributed by atoms with E-state index >= 15 is 4.39 Å². The number of nitrogens with one attached hydrogen (secondary N) is 3. The number of carbonyl (C=O) groups is 1. The van der Waals surface area contributed by atoms with Gasteiger partial charge in [0.05, 0.1) is 40.0 Å². The minimum absolute atomic E-state index is 0.0286. The zero-order valence-electron chi connectivity index (χ0n) is 20.1. The second-order valence-electron chi connectivity index (χ2n) is 9.39. The van der Waals surface area contributed by atoms with E-state index in [1.807, 2.05) is 30.3 Å². The van der Waals surface area contributed by atoms with Gasteiger partial charge in [0.2, 0.25) is 5.91 Å². The van der Waals surface area contributed by atoms with Crippen LogP contribution < -0.4 is 5.32 Å². The smallest absolute Gasteiger partial charge is 0.227 e. The lowest BCUT2D eigenvalue weighted by Crippen LogP contribution is -2.28. The first-order valence-electron chi connectivity index (χ1n) is 12.3. The van der Waals surface area contributed by atoms with Crippen molar-refractivity contribution >= 4 is 33.5 Å². The van der Waals surface area contributed by atoms with Gasteiger partial charge in [0, 0.05) is 41.2 Å². The fourth-order valence-corrected chi connectivity index (χ4v) is 4.80. The molecule has 0 spiro atoms. The molecule has 5 aromatic heterocycles. The van der Waals surface area contributed by atoms with Crippen LogP contribution in [0.4, 0.5) is 10.1 Å². The number of benzene rings is 1. The number of hydrogen-bond acceptors (Lipinski definition) is 6. The topological polar surface area (TPSA) is 125 Å². The van der Waals surface area contributed by atoms with Crippen molar-refractivity contribution in [2.45, 2.75) is 19.3 Å². The molecular formula is C28H21FN8O. The first kappa shape index (κ1) is 22.2. The van der Waals surface area contributed by atoms with Crippen LogP contribution >= 0.6 is 0 Å². The van der Waals surface area contributed by atoms with Crippen LogP contribution in [0.3, 0.4) is 0 Å². The molecule has 1 fully saturated rings. The van der Waals surface area contributed by atoms with Crippen molar-refractivity contribution in [2.75, 3.05) is 5.32 Å². The monoisotopic (exact) mass is 504 g/mol. The lowest BCUT2D eigenvalue weighted by molar-refractivity contribution is -0.122. The molecule has 5 heterocycles. The highest BCUT2D eigenvalue weighted by Gasteiger charge is 2.26. The highest BCUT2D eigenvalue weighted by atomic mass is 19.1. The number of anilines is 1. The van der Waals surface area contributed by atoms with Crippen LogP contribution in [0.2, 0.25) is 0 Å². The number of hydrogen-bond donors (Lipinski definition) is 3. The number of aromatic nitrogens is 7. The summed E-state index contributed by atoms with van der Waals surface area (Å²) in [6.45, 7) is 0. The number of imidazole rings is 1. The molecule has 0 aliphatic heterocycles. The lowest BCUT2D eigenvalue weighted by atomic mass is 9.85. The molecule has 0 radical (unpaired) electrons. The fraction of sp³-hybridized carbons (Fsp3) is 0.143. The van der Waals surface area contributed by atoms with Gasteiger partial charge < -0.3 is 10.3 Å². The van der Waals surface area contributed by atoms with Crippen molar-refractivity contribution in [1.29, 1.82) is 0 Å². The zero-order chi connectivity index (χ0) is 25.6. The molecule has 9 nitrogen and oxygen atoms in total. The van der Waals surface area contributed by atoms with E-state index < -0.39 is 5.82 Å². The number of pyridine rings is 3. The maximum atomic E-state index is 16.0. The summed E-state index contributed by atoms with van der Waals surface area (Å²) < 4.78 is 16.0. The Labute approximate surface area is 215 Å². The van der Waals surface area contributed by atoms with Crippen molar-refractivity contribution in [3.05, 3.63) is 73.2 Å². The van der Waals surface area contributed by atoms with Crippen molar-refractivity contribution in [1.82, 2.24) is 35.1 Å². The van der Waals surface area contributed by atoms with Gasteiger partial charge in [-0.05, 0) is 31.0 Å². The maximum Gasteiger partial charge on any atom is 0.227 e. The van der Waals surface area contributed by atoms with E-state index in [1.54, 1.807) is 24.7 Å². The number of nitrogens with zero attached hydrogens (tertiary/aromatic N) is 5. The van der Waals surface area contributed by atoms with Gasteiger partial charge in [-0.15, -0.1) is 0 Å². The van der Waals surface area contributed by atoms with Crippen LogP contribution in [0.1, 0.15) is 19.3 Å². The third-order valence-electron chi connectivity index (χ3n) is 7.01. The van der Waals surface area contributed by atoms with Crippen LogP contribution in [0, 0.1) is 11.7 Å². The molecule has 1 aliphatic rings. The Bertz CT molecular complexity index is 1820. The molecule has 6 aromatic rings. The van der Waals surface area contributed by atoms with Crippen LogP contribution in [0.25, 0.3) is 55.8 Å². The summed E-state index contributed by atoms with van der Waals surface area (Å²) >= 11 is 0. The number of rotatable bonds is 5. The molecule has 1 amide bonds. The van der Waals surface area contributed by atoms with Crippen LogP contribution in [0.15, 0.2) is 67.4 Å². The molecular weight excluding hydrogens is 483 g/mol.